The zero-order valence-corrected chi connectivity index (χ0v) is 11.2. The van der Waals surface area contributed by atoms with Crippen LogP contribution in [0.15, 0.2) is 12.1 Å². The van der Waals surface area contributed by atoms with E-state index in [1.807, 2.05) is 0 Å². The number of hydrogen-bond acceptors (Lipinski definition) is 0. The molecule has 0 N–H and O–H groups in total. The summed E-state index contributed by atoms with van der Waals surface area (Å²) in [5, 5.41) is -1.26. The van der Waals surface area contributed by atoms with Crippen molar-refractivity contribution in [1.29, 1.82) is 0 Å². The molecule has 7 heteroatoms. The van der Waals surface area contributed by atoms with Crippen LogP contribution in [0.5, 0.6) is 0 Å². The Balaban J connectivity index is 3.69. The monoisotopic (exact) mass is 294 g/mol. The van der Waals surface area contributed by atoms with E-state index in [0.29, 0.717) is 6.07 Å². The maximum absolute atomic E-state index is 12.9. The summed E-state index contributed by atoms with van der Waals surface area (Å²) >= 11 is 0. The Morgan fingerprint density at radius 1 is 0.950 bits per heavy atom. The van der Waals surface area contributed by atoms with E-state index >= 15 is 0 Å². The van der Waals surface area contributed by atoms with Gasteiger partial charge in [-0.15, -0.1) is 0 Å². The first-order valence-electron chi connectivity index (χ1n) is 5.89. The highest BCUT2D eigenvalue weighted by Crippen LogP contribution is 2.41. The van der Waals surface area contributed by atoms with Crippen LogP contribution in [0.3, 0.4) is 0 Å². The fourth-order valence-electron chi connectivity index (χ4n) is 1.96. The first kappa shape index (κ1) is 16.9. The van der Waals surface area contributed by atoms with Gasteiger partial charge in [-0.1, -0.05) is 20.3 Å². The molecule has 0 heterocycles. The molecule has 110 valence electrons. The van der Waals surface area contributed by atoms with Crippen LogP contribution in [0.1, 0.15) is 42.5 Å². The summed E-state index contributed by atoms with van der Waals surface area (Å²) < 4.78 is 76.9. The Kier molecular flexibility index (Phi) is 4.23. The minimum atomic E-state index is -4.86. The molecule has 2 radical (unpaired) electrons. The molecular weight excluding hydrogens is 281 g/mol. The molecular formula is C13H13BF6. The van der Waals surface area contributed by atoms with Crippen molar-refractivity contribution in [1.82, 2.24) is 0 Å². The van der Waals surface area contributed by atoms with Crippen molar-refractivity contribution in [3.63, 3.8) is 0 Å². The lowest BCUT2D eigenvalue weighted by atomic mass is 9.62. The molecule has 20 heavy (non-hydrogen) atoms. The lowest BCUT2D eigenvalue weighted by Gasteiger charge is -2.29. The normalized spacial score (nSPS) is 16.1. The first-order valence-corrected chi connectivity index (χ1v) is 5.89. The van der Waals surface area contributed by atoms with Crippen LogP contribution in [0.2, 0.25) is 0 Å². The molecule has 1 aromatic rings. The average Bonchev–Trinajstić information content (AvgIpc) is 2.25. The third kappa shape index (κ3) is 3.30. The molecule has 0 spiro atoms. The van der Waals surface area contributed by atoms with Crippen molar-refractivity contribution in [3.05, 3.63) is 34.4 Å². The van der Waals surface area contributed by atoms with Crippen LogP contribution >= 0.6 is 0 Å². The van der Waals surface area contributed by atoms with Gasteiger partial charge >= 0.3 is 12.4 Å². The van der Waals surface area contributed by atoms with Crippen molar-refractivity contribution in [3.8, 4) is 0 Å². The van der Waals surface area contributed by atoms with Gasteiger partial charge in [0.1, 0.15) is 0 Å². The Morgan fingerprint density at radius 3 is 1.75 bits per heavy atom. The van der Waals surface area contributed by atoms with Crippen molar-refractivity contribution in [2.24, 2.45) is 0 Å². The SMILES string of the molecule is [B]C(C)(CC)c1cc(C(F)(F)F)cc(C(F)(F)F)c1C. The predicted octanol–water partition coefficient (Wildman–Crippen LogP) is 4.83. The van der Waals surface area contributed by atoms with Crippen LogP contribution in [0.25, 0.3) is 0 Å². The van der Waals surface area contributed by atoms with Gasteiger partial charge in [-0.2, -0.15) is 26.3 Å². The molecule has 1 atom stereocenters. The summed E-state index contributed by atoms with van der Waals surface area (Å²) in [5.41, 5.74) is -3.04. The van der Waals surface area contributed by atoms with Crippen LogP contribution in [-0.4, -0.2) is 7.85 Å². The van der Waals surface area contributed by atoms with E-state index in [0.717, 1.165) is 6.92 Å². The molecule has 0 fully saturated rings. The summed E-state index contributed by atoms with van der Waals surface area (Å²) in [5.74, 6) is 0. The highest BCUT2D eigenvalue weighted by molar-refractivity contribution is 6.15. The van der Waals surface area contributed by atoms with E-state index < -0.39 is 28.8 Å². The van der Waals surface area contributed by atoms with Gasteiger partial charge < -0.3 is 0 Å². The van der Waals surface area contributed by atoms with Gasteiger partial charge in [0.15, 0.2) is 0 Å². The average molecular weight is 294 g/mol. The van der Waals surface area contributed by atoms with Gasteiger partial charge in [0.25, 0.3) is 0 Å². The molecule has 0 aliphatic rings. The highest BCUT2D eigenvalue weighted by atomic mass is 19.4. The number of alkyl halides is 6. The summed E-state index contributed by atoms with van der Waals surface area (Å²) in [4.78, 5) is 0. The molecule has 1 rings (SSSR count). The molecule has 0 aliphatic carbocycles. The Bertz CT molecular complexity index is 499. The second kappa shape index (κ2) is 5.00. The smallest absolute Gasteiger partial charge is 0.166 e. The van der Waals surface area contributed by atoms with Crippen molar-refractivity contribution >= 4 is 7.85 Å². The van der Waals surface area contributed by atoms with Crippen LogP contribution in [-0.2, 0) is 17.7 Å². The molecule has 0 aromatic heterocycles. The van der Waals surface area contributed by atoms with Gasteiger partial charge in [-0.25, -0.2) is 0 Å². The number of rotatable bonds is 2. The van der Waals surface area contributed by atoms with E-state index in [4.69, 9.17) is 7.85 Å². The Morgan fingerprint density at radius 2 is 1.40 bits per heavy atom. The third-order valence-electron chi connectivity index (χ3n) is 3.39. The molecule has 0 saturated carbocycles. The number of hydrogen-bond donors (Lipinski definition) is 0. The molecule has 0 bridgehead atoms. The van der Waals surface area contributed by atoms with E-state index in [9.17, 15) is 26.3 Å². The molecule has 0 saturated heterocycles. The highest BCUT2D eigenvalue weighted by Gasteiger charge is 2.40. The minimum absolute atomic E-state index is 0.130. The second-order valence-electron chi connectivity index (χ2n) is 4.96. The fourth-order valence-corrected chi connectivity index (χ4v) is 1.96. The summed E-state index contributed by atoms with van der Waals surface area (Å²) in [7, 11) is 5.83. The van der Waals surface area contributed by atoms with E-state index in [1.54, 1.807) is 6.92 Å². The lowest BCUT2D eigenvalue weighted by Crippen LogP contribution is -2.25. The second-order valence-corrected chi connectivity index (χ2v) is 4.96. The quantitative estimate of drug-likeness (QED) is 0.541. The summed E-state index contributed by atoms with van der Waals surface area (Å²) in [6.45, 7) is 4.15. The van der Waals surface area contributed by atoms with Crippen LogP contribution in [0.4, 0.5) is 26.3 Å². The Hall–Kier alpha value is -1.14. The maximum atomic E-state index is 12.9. The zero-order valence-electron chi connectivity index (χ0n) is 11.2. The zero-order chi connectivity index (χ0) is 15.9. The largest absolute Gasteiger partial charge is 0.416 e. The van der Waals surface area contributed by atoms with E-state index in [1.165, 1.54) is 6.92 Å². The third-order valence-corrected chi connectivity index (χ3v) is 3.39. The molecule has 1 unspecified atom stereocenters. The number of halogens is 6. The first-order chi connectivity index (χ1) is 8.80. The molecule has 0 nitrogen and oxygen atoms in total. The molecule has 0 amide bonds. The predicted molar refractivity (Wildman–Crippen MR) is 64.6 cm³/mol. The van der Waals surface area contributed by atoms with Crippen molar-refractivity contribution in [2.45, 2.75) is 44.9 Å². The summed E-state index contributed by atoms with van der Waals surface area (Å²) in [6.07, 6.45) is -9.50. The fraction of sp³-hybridized carbons (Fsp3) is 0.538. The minimum Gasteiger partial charge on any atom is -0.166 e. The van der Waals surface area contributed by atoms with E-state index in [-0.39, 0.29) is 23.6 Å². The van der Waals surface area contributed by atoms with Gasteiger partial charge in [0.2, 0.25) is 0 Å². The maximum Gasteiger partial charge on any atom is 0.416 e. The Labute approximate surface area is 114 Å². The van der Waals surface area contributed by atoms with Crippen LogP contribution in [0, 0.1) is 6.92 Å². The van der Waals surface area contributed by atoms with Gasteiger partial charge in [0, 0.05) is 0 Å². The standard InChI is InChI=1S/C13H13BF6/c1-4-11(3,14)9-5-8(12(15,16)17)6-10(7(9)2)13(18,19)20/h5-6H,4H2,1-3H3. The van der Waals surface area contributed by atoms with Gasteiger partial charge in [-0.3, -0.25) is 0 Å². The van der Waals surface area contributed by atoms with Gasteiger partial charge in [-0.05, 0) is 35.5 Å². The van der Waals surface area contributed by atoms with Crippen molar-refractivity contribution in [2.75, 3.05) is 0 Å². The van der Waals surface area contributed by atoms with Gasteiger partial charge in [0.05, 0.1) is 19.0 Å². The lowest BCUT2D eigenvalue weighted by molar-refractivity contribution is -0.143. The molecule has 0 aliphatic heterocycles. The summed E-state index contributed by atoms with van der Waals surface area (Å²) in [6, 6.07) is 0.832. The van der Waals surface area contributed by atoms with Crippen LogP contribution < -0.4 is 0 Å². The molecule has 1 aromatic carbocycles. The van der Waals surface area contributed by atoms with E-state index in [2.05, 4.69) is 0 Å². The number of benzene rings is 1. The topological polar surface area (TPSA) is 0 Å². The van der Waals surface area contributed by atoms with Crippen molar-refractivity contribution < 1.29 is 26.3 Å².